The number of nitrogens with one attached hydrogen (secondary N) is 1. The number of carbonyl (C=O) groups excluding carboxylic acids is 2. The molecule has 0 saturated carbocycles. The first-order chi connectivity index (χ1) is 16.9. The van der Waals surface area contributed by atoms with E-state index in [1.807, 2.05) is 75.4 Å². The molecule has 2 amide bonds. The number of hydrogen-bond donors (Lipinski definition) is 1. The highest BCUT2D eigenvalue weighted by Crippen LogP contribution is 2.19. The van der Waals surface area contributed by atoms with E-state index >= 15 is 0 Å². The third-order valence-electron chi connectivity index (χ3n) is 5.90. The second-order valence-electron chi connectivity index (χ2n) is 8.78. The fraction of sp³-hybridized carbons (Fsp3) is 0.310. The monoisotopic (exact) mass is 492 g/mol. The second kappa shape index (κ2) is 13.0. The van der Waals surface area contributed by atoms with E-state index in [1.54, 1.807) is 29.2 Å². The van der Waals surface area contributed by atoms with Crippen molar-refractivity contribution in [1.82, 2.24) is 10.2 Å². The second-order valence-corrected chi connectivity index (χ2v) is 9.21. The molecule has 0 radical (unpaired) electrons. The summed E-state index contributed by atoms with van der Waals surface area (Å²) < 4.78 is 5.76. The smallest absolute Gasteiger partial charge is 0.261 e. The van der Waals surface area contributed by atoms with Gasteiger partial charge in [0.05, 0.1) is 0 Å². The Balaban J connectivity index is 1.90. The fourth-order valence-electron chi connectivity index (χ4n) is 3.67. The molecule has 5 nitrogen and oxygen atoms in total. The maximum absolute atomic E-state index is 13.6. The van der Waals surface area contributed by atoms with Crippen LogP contribution in [-0.4, -0.2) is 35.4 Å². The van der Waals surface area contributed by atoms with Gasteiger partial charge in [0, 0.05) is 24.0 Å². The quantitative estimate of drug-likeness (QED) is 0.380. The molecule has 0 aliphatic rings. The van der Waals surface area contributed by atoms with Crippen LogP contribution in [0.2, 0.25) is 5.02 Å². The van der Waals surface area contributed by atoms with Gasteiger partial charge in [-0.15, -0.1) is 0 Å². The van der Waals surface area contributed by atoms with E-state index < -0.39 is 6.04 Å². The van der Waals surface area contributed by atoms with Crippen LogP contribution < -0.4 is 10.1 Å². The number of benzene rings is 3. The minimum Gasteiger partial charge on any atom is -0.484 e. The Bertz CT molecular complexity index is 1100. The first kappa shape index (κ1) is 26.3. The zero-order valence-electron chi connectivity index (χ0n) is 20.5. The lowest BCUT2D eigenvalue weighted by Gasteiger charge is -2.32. The highest BCUT2D eigenvalue weighted by Gasteiger charge is 2.31. The molecule has 184 valence electrons. The van der Waals surface area contributed by atoms with Gasteiger partial charge in [0.25, 0.3) is 5.91 Å². The summed E-state index contributed by atoms with van der Waals surface area (Å²) in [7, 11) is 0. The van der Waals surface area contributed by atoms with Crippen LogP contribution in [0.3, 0.4) is 0 Å². The number of hydrogen-bond acceptors (Lipinski definition) is 3. The van der Waals surface area contributed by atoms with Crippen LogP contribution in [0.15, 0.2) is 78.9 Å². The van der Waals surface area contributed by atoms with Crippen LogP contribution >= 0.6 is 11.6 Å². The van der Waals surface area contributed by atoms with Crippen molar-refractivity contribution in [3.8, 4) is 5.75 Å². The van der Waals surface area contributed by atoms with Gasteiger partial charge in [-0.1, -0.05) is 84.8 Å². The van der Waals surface area contributed by atoms with Crippen LogP contribution in [-0.2, 0) is 22.6 Å². The number of halogens is 1. The molecular formula is C29H33ClN2O3. The van der Waals surface area contributed by atoms with Crippen molar-refractivity contribution in [2.75, 3.05) is 6.61 Å². The van der Waals surface area contributed by atoms with Gasteiger partial charge in [-0.2, -0.15) is 0 Å². The zero-order valence-corrected chi connectivity index (χ0v) is 21.3. The van der Waals surface area contributed by atoms with Gasteiger partial charge in [0.15, 0.2) is 6.61 Å². The summed E-state index contributed by atoms with van der Waals surface area (Å²) in [4.78, 5) is 28.6. The van der Waals surface area contributed by atoms with Crippen LogP contribution in [0.4, 0.5) is 0 Å². The molecule has 2 atom stereocenters. The van der Waals surface area contributed by atoms with Gasteiger partial charge in [-0.05, 0) is 49.6 Å². The first-order valence-electron chi connectivity index (χ1n) is 11.9. The molecule has 0 aliphatic carbocycles. The van der Waals surface area contributed by atoms with Gasteiger partial charge in [0.1, 0.15) is 11.8 Å². The van der Waals surface area contributed by atoms with E-state index in [1.165, 1.54) is 0 Å². The van der Waals surface area contributed by atoms with Crippen LogP contribution in [0.25, 0.3) is 0 Å². The average Bonchev–Trinajstić information content (AvgIpc) is 2.86. The van der Waals surface area contributed by atoms with Gasteiger partial charge in [0.2, 0.25) is 5.91 Å². The third kappa shape index (κ3) is 8.15. The summed E-state index contributed by atoms with van der Waals surface area (Å²) >= 11 is 6.06. The highest BCUT2D eigenvalue weighted by atomic mass is 35.5. The molecule has 0 fully saturated rings. The van der Waals surface area contributed by atoms with Crippen molar-refractivity contribution < 1.29 is 14.3 Å². The maximum Gasteiger partial charge on any atom is 0.261 e. The molecule has 3 rings (SSSR count). The summed E-state index contributed by atoms with van der Waals surface area (Å²) in [6.45, 7) is 6.10. The predicted octanol–water partition coefficient (Wildman–Crippen LogP) is 5.58. The predicted molar refractivity (Wildman–Crippen MR) is 141 cm³/mol. The standard InChI is InChI=1S/C29H33ClN2O3/c1-4-22(3)31-29(34)27(17-23-9-6-5-7-10-23)32(19-24-15-13-21(2)14-16-24)28(33)20-35-26-12-8-11-25(30)18-26/h5-16,18,22,27H,4,17,19-20H2,1-3H3,(H,31,34)/t22-,27-/m1/s1. The minimum absolute atomic E-state index is 0.000175. The highest BCUT2D eigenvalue weighted by molar-refractivity contribution is 6.30. The first-order valence-corrected chi connectivity index (χ1v) is 12.3. The third-order valence-corrected chi connectivity index (χ3v) is 6.14. The lowest BCUT2D eigenvalue weighted by molar-refractivity contribution is -0.143. The molecule has 35 heavy (non-hydrogen) atoms. The minimum atomic E-state index is -0.692. The molecule has 1 N–H and O–H groups in total. The fourth-order valence-corrected chi connectivity index (χ4v) is 3.85. The van der Waals surface area contributed by atoms with E-state index in [-0.39, 0.29) is 24.5 Å². The lowest BCUT2D eigenvalue weighted by atomic mass is 10.0. The van der Waals surface area contributed by atoms with Crippen molar-refractivity contribution in [3.05, 3.63) is 101 Å². The van der Waals surface area contributed by atoms with Crippen LogP contribution in [0, 0.1) is 6.92 Å². The molecule has 0 bridgehead atoms. The summed E-state index contributed by atoms with van der Waals surface area (Å²) in [6, 6.07) is 24.0. The number of rotatable bonds is 11. The van der Waals surface area contributed by atoms with Crippen molar-refractivity contribution in [3.63, 3.8) is 0 Å². The summed E-state index contributed by atoms with van der Waals surface area (Å²) in [5, 5.41) is 3.60. The van der Waals surface area contributed by atoms with Crippen molar-refractivity contribution in [2.45, 2.75) is 52.2 Å². The number of nitrogens with zero attached hydrogens (tertiary/aromatic N) is 1. The largest absolute Gasteiger partial charge is 0.484 e. The number of carbonyl (C=O) groups is 2. The normalized spacial score (nSPS) is 12.5. The van der Waals surface area contributed by atoms with E-state index in [4.69, 9.17) is 16.3 Å². The Morgan fingerprint density at radius 1 is 0.971 bits per heavy atom. The summed E-state index contributed by atoms with van der Waals surface area (Å²) in [5.41, 5.74) is 3.06. The number of ether oxygens (including phenoxy) is 1. The molecule has 0 saturated heterocycles. The van der Waals surface area contributed by atoms with Crippen molar-refractivity contribution in [1.29, 1.82) is 0 Å². The van der Waals surface area contributed by atoms with Gasteiger partial charge < -0.3 is 15.0 Å². The Labute approximate surface area is 213 Å². The van der Waals surface area contributed by atoms with Gasteiger partial charge in [-0.3, -0.25) is 9.59 Å². The van der Waals surface area contributed by atoms with E-state index in [9.17, 15) is 9.59 Å². The van der Waals surface area contributed by atoms with Gasteiger partial charge >= 0.3 is 0 Å². The summed E-state index contributed by atoms with van der Waals surface area (Å²) in [5.74, 6) is 0.0574. The molecule has 3 aromatic rings. The lowest BCUT2D eigenvalue weighted by Crippen LogP contribution is -2.53. The zero-order chi connectivity index (χ0) is 25.2. The van der Waals surface area contributed by atoms with Crippen LogP contribution in [0.5, 0.6) is 5.75 Å². The molecular weight excluding hydrogens is 460 g/mol. The van der Waals surface area contributed by atoms with Gasteiger partial charge in [-0.25, -0.2) is 0 Å². The Morgan fingerprint density at radius 3 is 2.34 bits per heavy atom. The van der Waals surface area contributed by atoms with Crippen molar-refractivity contribution >= 4 is 23.4 Å². The van der Waals surface area contributed by atoms with E-state index in [2.05, 4.69) is 5.32 Å². The molecule has 0 aliphatic heterocycles. The van der Waals surface area contributed by atoms with E-state index in [0.29, 0.717) is 23.7 Å². The summed E-state index contributed by atoms with van der Waals surface area (Å²) in [6.07, 6.45) is 1.20. The Morgan fingerprint density at radius 2 is 1.69 bits per heavy atom. The number of amides is 2. The molecule has 3 aromatic carbocycles. The molecule has 0 heterocycles. The molecule has 0 aromatic heterocycles. The average molecular weight is 493 g/mol. The van der Waals surface area contributed by atoms with Crippen LogP contribution in [0.1, 0.15) is 37.0 Å². The number of aryl methyl sites for hydroxylation is 1. The SMILES string of the molecule is CC[C@@H](C)NC(=O)[C@@H](Cc1ccccc1)N(Cc1ccc(C)cc1)C(=O)COc1cccc(Cl)c1. The molecule has 6 heteroatoms. The topological polar surface area (TPSA) is 58.6 Å². The van der Waals surface area contributed by atoms with Crippen molar-refractivity contribution in [2.24, 2.45) is 0 Å². The Kier molecular flexibility index (Phi) is 9.74. The molecule has 0 unspecified atom stereocenters. The van der Waals surface area contributed by atoms with E-state index in [0.717, 1.165) is 23.1 Å². The Hall–Kier alpha value is -3.31. The molecule has 0 spiro atoms. The maximum atomic E-state index is 13.6.